The highest BCUT2D eigenvalue weighted by Gasteiger charge is 2.16. The average molecular weight is 319 g/mol. The predicted octanol–water partition coefficient (Wildman–Crippen LogP) is 4.76. The lowest BCUT2D eigenvalue weighted by Gasteiger charge is -2.16. The van der Waals surface area contributed by atoms with E-state index in [0.717, 1.165) is 21.8 Å². The summed E-state index contributed by atoms with van der Waals surface area (Å²) in [5.41, 5.74) is 1.52. The maximum Gasteiger partial charge on any atom is 0.138 e. The highest BCUT2D eigenvalue weighted by Crippen LogP contribution is 2.34. The van der Waals surface area contributed by atoms with E-state index in [1.807, 2.05) is 20.8 Å². The van der Waals surface area contributed by atoms with E-state index in [9.17, 15) is 8.78 Å². The lowest BCUT2D eigenvalue weighted by atomic mass is 10.1. The van der Waals surface area contributed by atoms with Gasteiger partial charge in [-0.2, -0.15) is 0 Å². The molecule has 1 N–H and O–H groups in total. The van der Waals surface area contributed by atoms with Crippen LogP contribution in [0, 0.1) is 25.5 Å². The Morgan fingerprint density at radius 2 is 1.95 bits per heavy atom. The monoisotopic (exact) mass is 319 g/mol. The second-order valence-corrected chi connectivity index (χ2v) is 6.42. The van der Waals surface area contributed by atoms with Gasteiger partial charge in [0, 0.05) is 16.5 Å². The summed E-state index contributed by atoms with van der Waals surface area (Å²) in [5.74, 6) is -0.478. The average Bonchev–Trinajstić information content (AvgIpc) is 2.75. The van der Waals surface area contributed by atoms with Crippen LogP contribution < -0.4 is 5.32 Å². The second kappa shape index (κ2) is 5.61. The molecule has 2 heterocycles. The van der Waals surface area contributed by atoms with E-state index in [0.29, 0.717) is 11.4 Å². The van der Waals surface area contributed by atoms with Gasteiger partial charge in [0.15, 0.2) is 0 Å². The lowest BCUT2D eigenvalue weighted by molar-refractivity contribution is 0.566. The SMILES string of the molecule is Cc1sc2ncnc(N[C@@H](C)c3ccc(F)cc3F)c2c1C. The largest absolute Gasteiger partial charge is 0.363 e. The van der Waals surface area contributed by atoms with Crippen LogP contribution in [-0.2, 0) is 0 Å². The highest BCUT2D eigenvalue weighted by molar-refractivity contribution is 7.18. The maximum atomic E-state index is 13.9. The number of hydrogen-bond acceptors (Lipinski definition) is 4. The van der Waals surface area contributed by atoms with Crippen molar-refractivity contribution in [2.24, 2.45) is 0 Å². The molecule has 0 spiro atoms. The Morgan fingerprint density at radius 3 is 2.68 bits per heavy atom. The molecule has 0 saturated carbocycles. The third-order valence-corrected chi connectivity index (χ3v) is 4.86. The molecule has 0 aliphatic rings. The van der Waals surface area contributed by atoms with Gasteiger partial charge in [-0.1, -0.05) is 6.07 Å². The number of fused-ring (bicyclic) bond motifs is 1. The van der Waals surface area contributed by atoms with Crippen molar-refractivity contribution in [3.63, 3.8) is 0 Å². The Hall–Kier alpha value is -2.08. The van der Waals surface area contributed by atoms with Crippen LogP contribution in [0.4, 0.5) is 14.6 Å². The summed E-state index contributed by atoms with van der Waals surface area (Å²) >= 11 is 1.61. The van der Waals surface area contributed by atoms with Gasteiger partial charge in [-0.05, 0) is 32.4 Å². The van der Waals surface area contributed by atoms with Crippen LogP contribution in [0.1, 0.15) is 29.0 Å². The van der Waals surface area contributed by atoms with Crippen LogP contribution >= 0.6 is 11.3 Å². The number of aromatic nitrogens is 2. The topological polar surface area (TPSA) is 37.8 Å². The molecular formula is C16H15F2N3S. The van der Waals surface area contributed by atoms with Crippen molar-refractivity contribution >= 4 is 27.4 Å². The zero-order valence-corrected chi connectivity index (χ0v) is 13.3. The molecule has 22 heavy (non-hydrogen) atoms. The van der Waals surface area contributed by atoms with Crippen molar-refractivity contribution in [3.8, 4) is 0 Å². The van der Waals surface area contributed by atoms with Crippen molar-refractivity contribution in [2.45, 2.75) is 26.8 Å². The number of halogens is 2. The smallest absolute Gasteiger partial charge is 0.138 e. The molecule has 1 atom stereocenters. The number of anilines is 1. The number of benzene rings is 1. The minimum absolute atomic E-state index is 0.335. The Labute approximate surface area is 131 Å². The molecule has 114 valence electrons. The van der Waals surface area contributed by atoms with Crippen molar-refractivity contribution in [2.75, 3.05) is 5.32 Å². The van der Waals surface area contributed by atoms with Crippen molar-refractivity contribution in [3.05, 3.63) is 52.2 Å². The Bertz CT molecular complexity index is 845. The van der Waals surface area contributed by atoms with Crippen LogP contribution in [0.5, 0.6) is 0 Å². The van der Waals surface area contributed by atoms with Crippen molar-refractivity contribution in [1.29, 1.82) is 0 Å². The van der Waals surface area contributed by atoms with Crippen molar-refractivity contribution in [1.82, 2.24) is 9.97 Å². The fraction of sp³-hybridized carbons (Fsp3) is 0.250. The molecule has 0 unspecified atom stereocenters. The molecule has 3 nitrogen and oxygen atoms in total. The Morgan fingerprint density at radius 1 is 1.18 bits per heavy atom. The summed E-state index contributed by atoms with van der Waals surface area (Å²) < 4.78 is 26.9. The van der Waals surface area contributed by atoms with Gasteiger partial charge in [0.2, 0.25) is 0 Å². The third-order valence-electron chi connectivity index (χ3n) is 3.75. The molecule has 0 saturated heterocycles. The zero-order valence-electron chi connectivity index (χ0n) is 12.4. The van der Waals surface area contributed by atoms with Gasteiger partial charge in [0.25, 0.3) is 0 Å². The van der Waals surface area contributed by atoms with E-state index in [-0.39, 0.29) is 6.04 Å². The van der Waals surface area contributed by atoms with Gasteiger partial charge >= 0.3 is 0 Å². The standard InChI is InChI=1S/C16H15F2N3S/c1-8-10(3)22-16-14(8)15(19-7-20-16)21-9(2)12-5-4-11(17)6-13(12)18/h4-7,9H,1-3H3,(H,19,20,21)/t9-/m0/s1. The minimum Gasteiger partial charge on any atom is -0.363 e. The zero-order chi connectivity index (χ0) is 15.9. The fourth-order valence-corrected chi connectivity index (χ4v) is 3.42. The number of nitrogens with one attached hydrogen (secondary N) is 1. The van der Waals surface area contributed by atoms with Crippen LogP contribution in [0.25, 0.3) is 10.2 Å². The molecule has 0 aliphatic heterocycles. The van der Waals surface area contributed by atoms with Crippen LogP contribution in [0.15, 0.2) is 24.5 Å². The molecular weight excluding hydrogens is 304 g/mol. The van der Waals surface area contributed by atoms with Gasteiger partial charge in [-0.25, -0.2) is 18.7 Å². The van der Waals surface area contributed by atoms with Gasteiger partial charge < -0.3 is 5.32 Å². The van der Waals surface area contributed by atoms with Gasteiger partial charge in [0.1, 0.15) is 28.6 Å². The van der Waals surface area contributed by atoms with Gasteiger partial charge in [0.05, 0.1) is 11.4 Å². The van der Waals surface area contributed by atoms with E-state index in [2.05, 4.69) is 15.3 Å². The number of thiophene rings is 1. The first kappa shape index (κ1) is 14.8. The first-order valence-electron chi connectivity index (χ1n) is 6.89. The molecule has 6 heteroatoms. The number of nitrogens with zero attached hydrogens (tertiary/aromatic N) is 2. The third kappa shape index (κ3) is 2.54. The van der Waals surface area contributed by atoms with E-state index in [1.165, 1.54) is 23.3 Å². The Kier molecular flexibility index (Phi) is 3.78. The summed E-state index contributed by atoms with van der Waals surface area (Å²) in [6, 6.07) is 3.26. The van der Waals surface area contributed by atoms with Crippen molar-refractivity contribution < 1.29 is 8.78 Å². The van der Waals surface area contributed by atoms with Crippen LogP contribution in [-0.4, -0.2) is 9.97 Å². The van der Waals surface area contributed by atoms with E-state index in [1.54, 1.807) is 11.3 Å². The first-order valence-corrected chi connectivity index (χ1v) is 7.71. The minimum atomic E-state index is -0.581. The quantitative estimate of drug-likeness (QED) is 0.756. The first-order chi connectivity index (χ1) is 10.5. The second-order valence-electron chi connectivity index (χ2n) is 5.22. The van der Waals surface area contributed by atoms with Gasteiger partial charge in [-0.3, -0.25) is 0 Å². The summed E-state index contributed by atoms with van der Waals surface area (Å²) in [6.07, 6.45) is 1.49. The summed E-state index contributed by atoms with van der Waals surface area (Å²) in [7, 11) is 0. The van der Waals surface area contributed by atoms with E-state index >= 15 is 0 Å². The molecule has 0 amide bonds. The molecule has 0 aliphatic carbocycles. The molecule has 3 aromatic rings. The molecule has 0 radical (unpaired) electrons. The predicted molar refractivity (Wildman–Crippen MR) is 85.3 cm³/mol. The molecule has 3 rings (SSSR count). The van der Waals surface area contributed by atoms with Gasteiger partial charge in [-0.15, -0.1) is 11.3 Å². The summed E-state index contributed by atoms with van der Waals surface area (Å²) in [6.45, 7) is 5.87. The van der Waals surface area contributed by atoms with Crippen LogP contribution in [0.3, 0.4) is 0 Å². The van der Waals surface area contributed by atoms with E-state index in [4.69, 9.17) is 0 Å². The molecule has 0 bridgehead atoms. The molecule has 1 aromatic carbocycles. The number of aryl methyl sites for hydroxylation is 2. The Balaban J connectivity index is 1.99. The number of rotatable bonds is 3. The van der Waals surface area contributed by atoms with Crippen LogP contribution in [0.2, 0.25) is 0 Å². The molecule has 2 aromatic heterocycles. The van der Waals surface area contributed by atoms with E-state index < -0.39 is 11.6 Å². The number of hydrogen-bond donors (Lipinski definition) is 1. The summed E-state index contributed by atoms with van der Waals surface area (Å²) in [4.78, 5) is 10.6. The lowest BCUT2D eigenvalue weighted by Crippen LogP contribution is -2.10. The summed E-state index contributed by atoms with van der Waals surface area (Å²) in [5, 5.41) is 4.17. The molecule has 0 fully saturated rings. The normalized spacial score (nSPS) is 12.6. The highest BCUT2D eigenvalue weighted by atomic mass is 32.1. The fourth-order valence-electron chi connectivity index (χ4n) is 2.43. The maximum absolute atomic E-state index is 13.9.